The lowest BCUT2D eigenvalue weighted by molar-refractivity contribution is -0.125. The van der Waals surface area contributed by atoms with E-state index in [4.69, 9.17) is 4.74 Å². The van der Waals surface area contributed by atoms with Crippen LogP contribution in [0.5, 0.6) is 0 Å². The Morgan fingerprint density at radius 1 is 1.14 bits per heavy atom. The Morgan fingerprint density at radius 3 is 2.43 bits per heavy atom. The topological polar surface area (TPSA) is 29.5 Å². The standard InChI is InChI=1S/C11H17NO2/c13-11-3-1-2-10(11)12-6-8-4-5-9(7-12)14-8/h8-10H,1-7H2. The van der Waals surface area contributed by atoms with E-state index in [1.807, 2.05) is 0 Å². The maximum absolute atomic E-state index is 11.6. The largest absolute Gasteiger partial charge is 0.372 e. The molecule has 3 nitrogen and oxygen atoms in total. The summed E-state index contributed by atoms with van der Waals surface area (Å²) in [5.41, 5.74) is 0. The fourth-order valence-electron chi connectivity index (χ4n) is 3.08. The second-order valence-corrected chi connectivity index (χ2v) is 4.79. The van der Waals surface area contributed by atoms with Gasteiger partial charge >= 0.3 is 0 Å². The maximum Gasteiger partial charge on any atom is 0.149 e. The number of hydrogen-bond donors (Lipinski definition) is 0. The molecule has 3 heteroatoms. The van der Waals surface area contributed by atoms with Crippen molar-refractivity contribution < 1.29 is 9.53 Å². The summed E-state index contributed by atoms with van der Waals surface area (Å²) in [7, 11) is 0. The Balaban J connectivity index is 1.70. The first-order valence-electron chi connectivity index (χ1n) is 5.75. The smallest absolute Gasteiger partial charge is 0.149 e. The van der Waals surface area contributed by atoms with E-state index in [0.29, 0.717) is 18.0 Å². The Labute approximate surface area is 84.4 Å². The molecule has 3 aliphatic rings. The summed E-state index contributed by atoms with van der Waals surface area (Å²) in [4.78, 5) is 14.0. The van der Waals surface area contributed by atoms with Crippen LogP contribution in [-0.2, 0) is 9.53 Å². The van der Waals surface area contributed by atoms with E-state index in [1.54, 1.807) is 0 Å². The van der Waals surface area contributed by atoms with Crippen molar-refractivity contribution in [1.82, 2.24) is 4.90 Å². The average molecular weight is 195 g/mol. The lowest BCUT2D eigenvalue weighted by Crippen LogP contribution is -2.49. The SMILES string of the molecule is O=C1CCCC1N1CC2CCC(C1)O2. The van der Waals surface area contributed by atoms with Gasteiger partial charge in [-0.3, -0.25) is 9.69 Å². The van der Waals surface area contributed by atoms with Crippen LogP contribution in [0.3, 0.4) is 0 Å². The molecule has 0 radical (unpaired) electrons. The van der Waals surface area contributed by atoms with Gasteiger partial charge in [0.05, 0.1) is 18.2 Å². The van der Waals surface area contributed by atoms with Gasteiger partial charge in [0, 0.05) is 19.5 Å². The average Bonchev–Trinajstić information content (AvgIpc) is 2.73. The molecule has 14 heavy (non-hydrogen) atoms. The molecule has 0 aromatic carbocycles. The van der Waals surface area contributed by atoms with Crippen molar-refractivity contribution in [2.24, 2.45) is 0 Å². The molecule has 0 aromatic rings. The van der Waals surface area contributed by atoms with Gasteiger partial charge in [0.25, 0.3) is 0 Å². The van der Waals surface area contributed by atoms with E-state index < -0.39 is 0 Å². The third-order valence-electron chi connectivity index (χ3n) is 3.78. The minimum Gasteiger partial charge on any atom is -0.372 e. The number of Topliss-reactive ketones (excluding diaryl/α,β-unsaturated/α-hetero) is 1. The molecule has 1 aliphatic carbocycles. The van der Waals surface area contributed by atoms with Crippen LogP contribution in [0.25, 0.3) is 0 Å². The van der Waals surface area contributed by atoms with Crippen molar-refractivity contribution in [3.05, 3.63) is 0 Å². The second kappa shape index (κ2) is 3.31. The molecule has 0 amide bonds. The van der Waals surface area contributed by atoms with Crippen molar-refractivity contribution in [3.8, 4) is 0 Å². The lowest BCUT2D eigenvalue weighted by Gasteiger charge is -2.35. The molecule has 3 rings (SSSR count). The molecule has 0 N–H and O–H groups in total. The first-order valence-corrected chi connectivity index (χ1v) is 5.75. The van der Waals surface area contributed by atoms with E-state index in [0.717, 1.165) is 32.4 Å². The van der Waals surface area contributed by atoms with E-state index in [2.05, 4.69) is 4.90 Å². The van der Waals surface area contributed by atoms with Gasteiger partial charge < -0.3 is 4.74 Å². The molecule has 3 atom stereocenters. The number of hydrogen-bond acceptors (Lipinski definition) is 3. The lowest BCUT2D eigenvalue weighted by atomic mass is 10.1. The summed E-state index contributed by atoms with van der Waals surface area (Å²) < 4.78 is 5.77. The third-order valence-corrected chi connectivity index (χ3v) is 3.78. The van der Waals surface area contributed by atoms with Crippen LogP contribution in [-0.4, -0.2) is 42.0 Å². The first kappa shape index (κ1) is 8.86. The van der Waals surface area contributed by atoms with Crippen LogP contribution in [0.4, 0.5) is 0 Å². The van der Waals surface area contributed by atoms with E-state index in [-0.39, 0.29) is 6.04 Å². The highest BCUT2D eigenvalue weighted by atomic mass is 16.5. The molecule has 3 fully saturated rings. The molecule has 78 valence electrons. The van der Waals surface area contributed by atoms with Crippen LogP contribution in [0.1, 0.15) is 32.1 Å². The monoisotopic (exact) mass is 195 g/mol. The normalized spacial score (nSPS) is 43.4. The third kappa shape index (κ3) is 1.39. The quantitative estimate of drug-likeness (QED) is 0.624. The van der Waals surface area contributed by atoms with Gasteiger partial charge in [0.1, 0.15) is 5.78 Å². The predicted octanol–water partition coefficient (Wildman–Crippen LogP) is 0.971. The molecular weight excluding hydrogens is 178 g/mol. The summed E-state index contributed by atoms with van der Waals surface area (Å²) >= 11 is 0. The summed E-state index contributed by atoms with van der Waals surface area (Å²) in [6.45, 7) is 1.99. The number of fused-ring (bicyclic) bond motifs is 2. The Morgan fingerprint density at radius 2 is 1.86 bits per heavy atom. The molecule has 1 saturated carbocycles. The molecule has 3 unspecified atom stereocenters. The number of ketones is 1. The second-order valence-electron chi connectivity index (χ2n) is 4.79. The molecule has 2 aliphatic heterocycles. The van der Waals surface area contributed by atoms with Gasteiger partial charge in [0.2, 0.25) is 0 Å². The number of carbonyl (C=O) groups is 1. The number of nitrogens with zero attached hydrogens (tertiary/aromatic N) is 1. The van der Waals surface area contributed by atoms with Crippen LogP contribution >= 0.6 is 0 Å². The number of carbonyl (C=O) groups excluding carboxylic acids is 1. The Kier molecular flexibility index (Phi) is 2.10. The molecule has 2 bridgehead atoms. The number of morpholine rings is 1. The van der Waals surface area contributed by atoms with E-state index in [1.165, 1.54) is 12.8 Å². The Hall–Kier alpha value is -0.410. The minimum absolute atomic E-state index is 0.238. The van der Waals surface area contributed by atoms with Gasteiger partial charge in [-0.2, -0.15) is 0 Å². The van der Waals surface area contributed by atoms with Crippen molar-refractivity contribution in [2.45, 2.75) is 50.4 Å². The van der Waals surface area contributed by atoms with Gasteiger partial charge in [-0.1, -0.05) is 0 Å². The number of rotatable bonds is 1. The number of likely N-dealkylation sites (tertiary alicyclic amines) is 1. The molecule has 2 heterocycles. The summed E-state index contributed by atoms with van der Waals surface area (Å²) in [6.07, 6.45) is 6.21. The fraction of sp³-hybridized carbons (Fsp3) is 0.909. The highest BCUT2D eigenvalue weighted by Gasteiger charge is 2.39. The van der Waals surface area contributed by atoms with Gasteiger partial charge in [-0.15, -0.1) is 0 Å². The maximum atomic E-state index is 11.6. The highest BCUT2D eigenvalue weighted by Crippen LogP contribution is 2.30. The van der Waals surface area contributed by atoms with Crippen LogP contribution in [0, 0.1) is 0 Å². The first-order chi connectivity index (χ1) is 6.83. The highest BCUT2D eigenvalue weighted by molar-refractivity contribution is 5.85. The Bertz CT molecular complexity index is 242. The van der Waals surface area contributed by atoms with E-state index in [9.17, 15) is 4.79 Å². The van der Waals surface area contributed by atoms with Gasteiger partial charge in [-0.25, -0.2) is 0 Å². The fourth-order valence-corrected chi connectivity index (χ4v) is 3.08. The van der Waals surface area contributed by atoms with Crippen molar-refractivity contribution >= 4 is 5.78 Å². The van der Waals surface area contributed by atoms with Crippen molar-refractivity contribution in [3.63, 3.8) is 0 Å². The predicted molar refractivity (Wildman–Crippen MR) is 52.1 cm³/mol. The van der Waals surface area contributed by atoms with Crippen LogP contribution in [0.2, 0.25) is 0 Å². The zero-order valence-electron chi connectivity index (χ0n) is 8.45. The van der Waals surface area contributed by atoms with Crippen LogP contribution < -0.4 is 0 Å². The zero-order valence-corrected chi connectivity index (χ0v) is 8.45. The van der Waals surface area contributed by atoms with Crippen molar-refractivity contribution in [1.29, 1.82) is 0 Å². The van der Waals surface area contributed by atoms with Gasteiger partial charge in [0.15, 0.2) is 0 Å². The molecule has 2 saturated heterocycles. The summed E-state index contributed by atoms with van der Waals surface area (Å²) in [5, 5.41) is 0. The van der Waals surface area contributed by atoms with Crippen LogP contribution in [0.15, 0.2) is 0 Å². The molecule has 0 spiro atoms. The van der Waals surface area contributed by atoms with Gasteiger partial charge in [-0.05, 0) is 25.7 Å². The number of ether oxygens (including phenoxy) is 1. The zero-order chi connectivity index (χ0) is 9.54. The minimum atomic E-state index is 0.238. The van der Waals surface area contributed by atoms with E-state index >= 15 is 0 Å². The van der Waals surface area contributed by atoms with Crippen molar-refractivity contribution in [2.75, 3.05) is 13.1 Å². The summed E-state index contributed by atoms with van der Waals surface area (Å²) in [5.74, 6) is 0.464. The molecular formula is C11H17NO2. The molecule has 0 aromatic heterocycles. The summed E-state index contributed by atoms with van der Waals surface area (Å²) in [6, 6.07) is 0.238.